The van der Waals surface area contributed by atoms with Gasteiger partial charge in [0.15, 0.2) is 0 Å². The molecule has 0 atom stereocenters. The summed E-state index contributed by atoms with van der Waals surface area (Å²) < 4.78 is 43.0. The summed E-state index contributed by atoms with van der Waals surface area (Å²) in [6.45, 7) is 4.78. The molecule has 1 aliphatic heterocycles. The number of halogens is 3. The first kappa shape index (κ1) is 27.0. The Morgan fingerprint density at radius 1 is 1.13 bits per heavy atom. The number of hydrazine groups is 2. The van der Waals surface area contributed by atoms with E-state index in [0.717, 1.165) is 28.6 Å². The summed E-state index contributed by atoms with van der Waals surface area (Å²) >= 11 is 0. The summed E-state index contributed by atoms with van der Waals surface area (Å²) in [6.07, 6.45) is -0.969. The largest absolute Gasteiger partial charge is 0.418 e. The molecule has 4 rings (SSSR count). The number of benzene rings is 2. The minimum Gasteiger partial charge on any atom is -0.383 e. The predicted molar refractivity (Wildman–Crippen MR) is 142 cm³/mol. The second-order valence-electron chi connectivity index (χ2n) is 9.36. The van der Waals surface area contributed by atoms with Gasteiger partial charge in [-0.1, -0.05) is 6.07 Å². The van der Waals surface area contributed by atoms with Gasteiger partial charge in [0.05, 0.1) is 23.1 Å². The number of hydrogen-bond acceptors (Lipinski definition) is 7. The van der Waals surface area contributed by atoms with E-state index in [1.807, 2.05) is 46.1 Å². The van der Waals surface area contributed by atoms with Crippen molar-refractivity contribution in [3.05, 3.63) is 76.7 Å². The highest BCUT2D eigenvalue weighted by Gasteiger charge is 2.34. The molecule has 1 aliphatic rings. The van der Waals surface area contributed by atoms with Crippen LogP contribution in [0.3, 0.4) is 0 Å². The van der Waals surface area contributed by atoms with Gasteiger partial charge in [-0.25, -0.2) is 0 Å². The Kier molecular flexibility index (Phi) is 7.65. The summed E-state index contributed by atoms with van der Waals surface area (Å²) in [4.78, 5) is 14.9. The van der Waals surface area contributed by atoms with Gasteiger partial charge in [-0.05, 0) is 63.8 Å². The smallest absolute Gasteiger partial charge is 0.383 e. The van der Waals surface area contributed by atoms with E-state index < -0.39 is 17.6 Å². The van der Waals surface area contributed by atoms with Crippen molar-refractivity contribution in [3.8, 4) is 0 Å². The third-order valence-corrected chi connectivity index (χ3v) is 6.28. The van der Waals surface area contributed by atoms with Crippen molar-refractivity contribution >= 4 is 28.7 Å². The van der Waals surface area contributed by atoms with E-state index >= 15 is 0 Å². The number of amides is 1. The average Bonchev–Trinajstić information content (AvgIpc) is 3.46. The number of hydrogen-bond donors (Lipinski definition) is 4. The third-order valence-electron chi connectivity index (χ3n) is 6.28. The fourth-order valence-corrected chi connectivity index (χ4v) is 3.98. The van der Waals surface area contributed by atoms with Gasteiger partial charge < -0.3 is 21.0 Å². The van der Waals surface area contributed by atoms with Crippen molar-refractivity contribution in [2.24, 2.45) is 7.05 Å². The van der Waals surface area contributed by atoms with E-state index in [1.165, 1.54) is 12.1 Å². The molecule has 0 fully saturated rings. The van der Waals surface area contributed by atoms with Crippen molar-refractivity contribution in [3.63, 3.8) is 0 Å². The fraction of sp³-hybridized carbons (Fsp3) is 0.308. The van der Waals surface area contributed by atoms with Gasteiger partial charge >= 0.3 is 6.18 Å². The summed E-state index contributed by atoms with van der Waals surface area (Å²) in [6, 6.07) is 8.83. The number of carbonyl (C=O) groups is 1. The van der Waals surface area contributed by atoms with Gasteiger partial charge in [0.2, 0.25) is 0 Å². The van der Waals surface area contributed by atoms with E-state index in [1.54, 1.807) is 34.1 Å². The lowest BCUT2D eigenvalue weighted by molar-refractivity contribution is -0.136. The molecule has 12 heteroatoms. The molecule has 3 aromatic rings. The van der Waals surface area contributed by atoms with Crippen LogP contribution in [0.25, 0.3) is 5.70 Å². The Labute approximate surface area is 219 Å². The maximum absolute atomic E-state index is 13.7. The summed E-state index contributed by atoms with van der Waals surface area (Å²) in [7, 11) is 5.54. The van der Waals surface area contributed by atoms with Crippen LogP contribution in [0.15, 0.2) is 48.8 Å². The van der Waals surface area contributed by atoms with Crippen LogP contribution >= 0.6 is 0 Å². The van der Waals surface area contributed by atoms with E-state index in [9.17, 15) is 18.0 Å². The highest BCUT2D eigenvalue weighted by Crippen LogP contribution is 2.37. The van der Waals surface area contributed by atoms with Crippen molar-refractivity contribution in [2.75, 3.05) is 42.8 Å². The van der Waals surface area contributed by atoms with Gasteiger partial charge in [-0.15, -0.1) is 5.53 Å². The van der Waals surface area contributed by atoms with E-state index in [2.05, 4.69) is 26.7 Å². The first-order valence-electron chi connectivity index (χ1n) is 12.0. The summed E-state index contributed by atoms with van der Waals surface area (Å²) in [5.41, 5.74) is 9.96. The van der Waals surface area contributed by atoms with E-state index in [0.29, 0.717) is 24.3 Å². The van der Waals surface area contributed by atoms with Gasteiger partial charge in [0.1, 0.15) is 0 Å². The molecule has 2 heterocycles. The Bertz CT molecular complexity index is 1360. The lowest BCUT2D eigenvalue weighted by atomic mass is 10.1. The van der Waals surface area contributed by atoms with Crippen LogP contribution in [0.2, 0.25) is 0 Å². The molecule has 0 saturated heterocycles. The number of carbonyl (C=O) groups excluding carboxylic acids is 1. The zero-order valence-electron chi connectivity index (χ0n) is 21.9. The molecule has 9 nitrogen and oxygen atoms in total. The molecule has 2 aromatic carbocycles. The highest BCUT2D eigenvalue weighted by molar-refractivity contribution is 6.05. The standard InChI is InChI=1S/C26H31F3N8O/c1-16-6-7-18(12-24(16)37-15-23(33-34-37)20-14-31-36(5)17(20)2)25(38)32-19-8-9-22(30-10-11-35(3)4)21(13-19)26(27,28)29/h6-9,12-15,30,33-34H,10-11H2,1-5H3,(H,32,38). The summed E-state index contributed by atoms with van der Waals surface area (Å²) in [5, 5.41) is 11.4. The zero-order valence-corrected chi connectivity index (χ0v) is 21.9. The van der Waals surface area contributed by atoms with Gasteiger partial charge in [-0.2, -0.15) is 18.3 Å². The Balaban J connectivity index is 1.53. The minimum absolute atomic E-state index is 0.0333. The normalized spacial score (nSPS) is 13.5. The molecule has 0 unspecified atom stereocenters. The first-order chi connectivity index (χ1) is 17.9. The van der Waals surface area contributed by atoms with Crippen LogP contribution in [0.5, 0.6) is 0 Å². The predicted octanol–water partition coefficient (Wildman–Crippen LogP) is 4.11. The number of nitrogens with zero attached hydrogens (tertiary/aromatic N) is 4. The third kappa shape index (κ3) is 5.92. The van der Waals surface area contributed by atoms with Crippen LogP contribution in [-0.2, 0) is 13.2 Å². The molecule has 0 spiro atoms. The van der Waals surface area contributed by atoms with Crippen LogP contribution < -0.4 is 26.6 Å². The molecular formula is C26H31F3N8O. The highest BCUT2D eigenvalue weighted by atomic mass is 19.4. The molecular weight excluding hydrogens is 497 g/mol. The number of alkyl halides is 3. The molecule has 202 valence electrons. The van der Waals surface area contributed by atoms with Crippen LogP contribution in [0.1, 0.15) is 32.7 Å². The number of aryl methyl sites for hydroxylation is 2. The second kappa shape index (κ2) is 10.8. The Morgan fingerprint density at radius 3 is 2.55 bits per heavy atom. The SMILES string of the molecule is Cc1ccc(C(=O)Nc2ccc(NCCN(C)C)c(C(F)(F)F)c2)cc1N1C=C(c2cnn(C)c2C)NN1. The molecule has 0 aliphatic carbocycles. The van der Waals surface area contributed by atoms with Gasteiger partial charge in [0, 0.05) is 54.5 Å². The molecule has 4 N–H and O–H groups in total. The minimum atomic E-state index is -4.58. The molecule has 0 saturated carbocycles. The number of rotatable bonds is 8. The molecule has 0 radical (unpaired) electrons. The average molecular weight is 529 g/mol. The van der Waals surface area contributed by atoms with E-state index in [4.69, 9.17) is 0 Å². The van der Waals surface area contributed by atoms with Crippen LogP contribution in [0.4, 0.5) is 30.2 Å². The Morgan fingerprint density at radius 2 is 1.89 bits per heavy atom. The molecule has 1 amide bonds. The number of anilines is 3. The number of nitrogens with one attached hydrogen (secondary N) is 4. The van der Waals surface area contributed by atoms with Gasteiger partial charge in [0.25, 0.3) is 5.91 Å². The number of aromatic nitrogens is 2. The molecule has 0 bridgehead atoms. The van der Waals surface area contributed by atoms with Crippen molar-refractivity contribution in [1.29, 1.82) is 0 Å². The first-order valence-corrected chi connectivity index (χ1v) is 12.0. The van der Waals surface area contributed by atoms with Crippen LogP contribution in [0, 0.1) is 13.8 Å². The van der Waals surface area contributed by atoms with Crippen molar-refractivity contribution < 1.29 is 18.0 Å². The topological polar surface area (TPSA) is 89.5 Å². The maximum atomic E-state index is 13.7. The zero-order chi connectivity index (χ0) is 27.6. The number of likely N-dealkylation sites (N-methyl/N-ethyl adjacent to an activating group) is 1. The van der Waals surface area contributed by atoms with Crippen molar-refractivity contribution in [1.82, 2.24) is 25.6 Å². The lowest BCUT2D eigenvalue weighted by Crippen LogP contribution is -2.36. The van der Waals surface area contributed by atoms with Crippen LogP contribution in [-0.4, -0.2) is 47.8 Å². The molecule has 38 heavy (non-hydrogen) atoms. The lowest BCUT2D eigenvalue weighted by Gasteiger charge is -2.19. The Hall–Kier alpha value is -4.03. The van der Waals surface area contributed by atoms with Crippen molar-refractivity contribution in [2.45, 2.75) is 20.0 Å². The van der Waals surface area contributed by atoms with Gasteiger partial charge in [-0.3, -0.25) is 14.5 Å². The second-order valence-corrected chi connectivity index (χ2v) is 9.36. The fourth-order valence-electron chi connectivity index (χ4n) is 3.98. The quantitative estimate of drug-likeness (QED) is 0.350. The summed E-state index contributed by atoms with van der Waals surface area (Å²) in [5.74, 6) is -0.521. The maximum Gasteiger partial charge on any atom is 0.418 e. The molecule has 1 aromatic heterocycles. The monoisotopic (exact) mass is 528 g/mol. The van der Waals surface area contributed by atoms with E-state index in [-0.39, 0.29) is 11.4 Å².